The van der Waals surface area contributed by atoms with Crippen molar-refractivity contribution in [2.75, 3.05) is 0 Å². The highest BCUT2D eigenvalue weighted by Gasteiger charge is 2.16. The van der Waals surface area contributed by atoms with E-state index in [1.165, 1.54) is 0 Å². The zero-order valence-electron chi connectivity index (χ0n) is 7.91. The first-order chi connectivity index (χ1) is 5.93. The van der Waals surface area contributed by atoms with Crippen LogP contribution in [0.2, 0.25) is 0 Å². The third-order valence-corrected chi connectivity index (χ3v) is 1.52. The fourth-order valence-electron chi connectivity index (χ4n) is 0.978. The van der Waals surface area contributed by atoms with Crippen LogP contribution in [0.4, 0.5) is 0 Å². The van der Waals surface area contributed by atoms with E-state index in [2.05, 4.69) is 5.32 Å². The summed E-state index contributed by atoms with van der Waals surface area (Å²) < 4.78 is 0. The maximum Gasteiger partial charge on any atom is 0.303 e. The number of nitrogens with two attached hydrogens (primary N) is 1. The smallest absolute Gasteiger partial charge is 0.303 e. The fourth-order valence-corrected chi connectivity index (χ4v) is 0.978. The van der Waals surface area contributed by atoms with Gasteiger partial charge < -0.3 is 16.2 Å². The molecule has 0 rings (SSSR count). The Kier molecular flexibility index (Phi) is 5.06. The van der Waals surface area contributed by atoms with Gasteiger partial charge in [-0.2, -0.15) is 0 Å². The lowest BCUT2D eigenvalue weighted by atomic mass is 10.1. The molecule has 76 valence electrons. The van der Waals surface area contributed by atoms with Crippen molar-refractivity contribution in [3.8, 4) is 0 Å². The van der Waals surface area contributed by atoms with E-state index in [1.54, 1.807) is 0 Å². The van der Waals surface area contributed by atoms with Gasteiger partial charge in [-0.3, -0.25) is 9.59 Å². The fraction of sp³-hybridized carbons (Fsp3) is 0.750. The first-order valence-corrected chi connectivity index (χ1v) is 4.20. The van der Waals surface area contributed by atoms with Crippen molar-refractivity contribution in [2.24, 2.45) is 5.73 Å². The number of amides is 1. The van der Waals surface area contributed by atoms with Crippen LogP contribution < -0.4 is 11.1 Å². The minimum Gasteiger partial charge on any atom is -0.481 e. The monoisotopic (exact) mass is 188 g/mol. The second-order valence-electron chi connectivity index (χ2n) is 3.21. The molecule has 0 fully saturated rings. The van der Waals surface area contributed by atoms with Crippen LogP contribution in [0.25, 0.3) is 0 Å². The van der Waals surface area contributed by atoms with Gasteiger partial charge in [0.05, 0.1) is 6.04 Å². The van der Waals surface area contributed by atoms with Crippen molar-refractivity contribution in [2.45, 2.75) is 38.8 Å². The van der Waals surface area contributed by atoms with Crippen LogP contribution in [0.5, 0.6) is 0 Å². The van der Waals surface area contributed by atoms with E-state index in [0.29, 0.717) is 0 Å². The van der Waals surface area contributed by atoms with Crippen LogP contribution in [-0.4, -0.2) is 29.1 Å². The summed E-state index contributed by atoms with van der Waals surface area (Å²) in [5.41, 5.74) is 5.08. The summed E-state index contributed by atoms with van der Waals surface area (Å²) in [4.78, 5) is 21.0. The second kappa shape index (κ2) is 5.53. The van der Waals surface area contributed by atoms with Gasteiger partial charge in [0.1, 0.15) is 0 Å². The highest BCUT2D eigenvalue weighted by Crippen LogP contribution is 1.98. The van der Waals surface area contributed by atoms with Crippen molar-refractivity contribution in [3.63, 3.8) is 0 Å². The molecule has 0 saturated heterocycles. The molecule has 0 bridgehead atoms. The molecule has 0 aromatic rings. The Labute approximate surface area is 77.3 Å². The van der Waals surface area contributed by atoms with Gasteiger partial charge in [-0.1, -0.05) is 13.8 Å². The molecule has 0 aliphatic heterocycles. The number of rotatable bonds is 6. The summed E-state index contributed by atoms with van der Waals surface area (Å²) in [5, 5.41) is 11.3. The Morgan fingerprint density at radius 2 is 2.00 bits per heavy atom. The largest absolute Gasteiger partial charge is 0.481 e. The number of nitrogens with one attached hydrogen (secondary N) is 1. The number of hydrogen-bond donors (Lipinski definition) is 3. The lowest BCUT2D eigenvalue weighted by Crippen LogP contribution is -2.44. The van der Waals surface area contributed by atoms with Crippen molar-refractivity contribution in [1.82, 2.24) is 5.32 Å². The van der Waals surface area contributed by atoms with E-state index in [1.807, 2.05) is 13.8 Å². The van der Waals surface area contributed by atoms with E-state index in [-0.39, 0.29) is 18.9 Å². The van der Waals surface area contributed by atoms with Crippen LogP contribution >= 0.6 is 0 Å². The van der Waals surface area contributed by atoms with Crippen molar-refractivity contribution >= 4 is 11.9 Å². The maximum atomic E-state index is 10.8. The molecule has 0 aliphatic carbocycles. The van der Waals surface area contributed by atoms with Gasteiger partial charge in [0.2, 0.25) is 5.91 Å². The van der Waals surface area contributed by atoms with Gasteiger partial charge in [0.15, 0.2) is 0 Å². The Bertz CT molecular complexity index is 192. The standard InChI is InChI=1S/C8H16N2O3/c1-5(2)10-6(8(9)13)3-4-7(11)12/h5-6,10H,3-4H2,1-2H3,(H2,9,13)(H,11,12)/t6-/m1/s1. The number of carbonyl (C=O) groups is 2. The van der Waals surface area contributed by atoms with Crippen molar-refractivity contribution < 1.29 is 14.7 Å². The zero-order valence-corrected chi connectivity index (χ0v) is 7.91. The summed E-state index contributed by atoms with van der Waals surface area (Å²) in [7, 11) is 0. The summed E-state index contributed by atoms with van der Waals surface area (Å²) in [6, 6.07) is -0.428. The third kappa shape index (κ3) is 6.10. The minimum absolute atomic E-state index is 0.0483. The predicted octanol–water partition coefficient (Wildman–Crippen LogP) is -0.297. The van der Waals surface area contributed by atoms with Gasteiger partial charge in [0.25, 0.3) is 0 Å². The number of hydrogen-bond acceptors (Lipinski definition) is 3. The Hall–Kier alpha value is -1.10. The van der Waals surface area contributed by atoms with Crippen molar-refractivity contribution in [1.29, 1.82) is 0 Å². The zero-order chi connectivity index (χ0) is 10.4. The topological polar surface area (TPSA) is 92.4 Å². The lowest BCUT2D eigenvalue weighted by Gasteiger charge is -2.16. The molecule has 0 aromatic heterocycles. The maximum absolute atomic E-state index is 10.8. The summed E-state index contributed by atoms with van der Waals surface area (Å²) in [6.07, 6.45) is 0.191. The van der Waals surface area contributed by atoms with Crippen molar-refractivity contribution in [3.05, 3.63) is 0 Å². The first-order valence-electron chi connectivity index (χ1n) is 4.20. The van der Waals surface area contributed by atoms with Crippen LogP contribution in [0.15, 0.2) is 0 Å². The molecular weight excluding hydrogens is 172 g/mol. The number of carboxylic acid groups (broad SMARTS) is 1. The minimum atomic E-state index is -0.920. The van der Waals surface area contributed by atoms with Crippen LogP contribution in [0.3, 0.4) is 0 Å². The van der Waals surface area contributed by atoms with E-state index in [0.717, 1.165) is 0 Å². The average molecular weight is 188 g/mol. The lowest BCUT2D eigenvalue weighted by molar-refractivity contribution is -0.137. The molecule has 0 radical (unpaired) electrons. The number of aliphatic carboxylic acids is 1. The Balaban J connectivity index is 3.95. The second-order valence-corrected chi connectivity index (χ2v) is 3.21. The van der Waals surface area contributed by atoms with Gasteiger partial charge in [-0.05, 0) is 6.42 Å². The van der Waals surface area contributed by atoms with E-state index in [9.17, 15) is 9.59 Å². The first kappa shape index (κ1) is 11.9. The number of primary amides is 1. The molecule has 1 amide bonds. The molecule has 5 nitrogen and oxygen atoms in total. The predicted molar refractivity (Wildman–Crippen MR) is 48.1 cm³/mol. The van der Waals surface area contributed by atoms with Crippen LogP contribution in [-0.2, 0) is 9.59 Å². The Morgan fingerprint density at radius 1 is 1.46 bits per heavy atom. The number of carbonyl (C=O) groups excluding carboxylic acids is 1. The molecule has 0 aliphatic rings. The quantitative estimate of drug-likeness (QED) is 0.533. The van der Waals surface area contributed by atoms with Gasteiger partial charge in [-0.15, -0.1) is 0 Å². The summed E-state index contributed by atoms with van der Waals surface area (Å²) in [6.45, 7) is 3.74. The molecule has 0 aromatic carbocycles. The highest BCUT2D eigenvalue weighted by atomic mass is 16.4. The molecule has 0 spiro atoms. The van der Waals surface area contributed by atoms with Gasteiger partial charge >= 0.3 is 5.97 Å². The molecule has 5 heteroatoms. The van der Waals surface area contributed by atoms with E-state index < -0.39 is 17.9 Å². The molecule has 0 heterocycles. The van der Waals surface area contributed by atoms with Gasteiger partial charge in [0, 0.05) is 12.5 Å². The third-order valence-electron chi connectivity index (χ3n) is 1.52. The molecular formula is C8H16N2O3. The molecule has 13 heavy (non-hydrogen) atoms. The normalized spacial score (nSPS) is 12.8. The number of carboxylic acids is 1. The molecule has 4 N–H and O–H groups in total. The van der Waals surface area contributed by atoms with Crippen LogP contribution in [0, 0.1) is 0 Å². The highest BCUT2D eigenvalue weighted by molar-refractivity contribution is 5.80. The molecule has 0 saturated carbocycles. The van der Waals surface area contributed by atoms with E-state index >= 15 is 0 Å². The van der Waals surface area contributed by atoms with E-state index in [4.69, 9.17) is 10.8 Å². The Morgan fingerprint density at radius 3 is 2.31 bits per heavy atom. The van der Waals surface area contributed by atoms with Gasteiger partial charge in [-0.25, -0.2) is 0 Å². The molecule has 0 unspecified atom stereocenters. The molecule has 1 atom stereocenters. The average Bonchev–Trinajstić information content (AvgIpc) is 1.96. The summed E-state index contributed by atoms with van der Waals surface area (Å²) >= 11 is 0. The summed E-state index contributed by atoms with van der Waals surface area (Å²) in [5.74, 6) is -1.42. The van der Waals surface area contributed by atoms with Crippen LogP contribution in [0.1, 0.15) is 26.7 Å². The SMILES string of the molecule is CC(C)N[C@H](CCC(=O)O)C(N)=O.